The molecule has 0 bridgehead atoms. The van der Waals surface area contributed by atoms with Crippen LogP contribution in [0.4, 0.5) is 0 Å². The highest BCUT2D eigenvalue weighted by atomic mass is 28.4. The van der Waals surface area contributed by atoms with E-state index in [1.165, 1.54) is 50.2 Å². The summed E-state index contributed by atoms with van der Waals surface area (Å²) >= 11 is 0. The molecule has 86 valence electrons. The molecule has 0 saturated heterocycles. The summed E-state index contributed by atoms with van der Waals surface area (Å²) in [7, 11) is 0.644. The van der Waals surface area contributed by atoms with Crippen molar-refractivity contribution in [2.24, 2.45) is 0 Å². The largest absolute Gasteiger partial charge is 0.420 e. The molecule has 14 heavy (non-hydrogen) atoms. The van der Waals surface area contributed by atoms with Crippen LogP contribution < -0.4 is 0 Å². The molecule has 0 aliphatic heterocycles. The van der Waals surface area contributed by atoms with Crippen molar-refractivity contribution in [3.05, 3.63) is 0 Å². The highest BCUT2D eigenvalue weighted by Crippen LogP contribution is 2.24. The maximum Gasteiger partial charge on any atom is 0.191 e. The fraction of sp³-hybridized carbons (Fsp3) is 1.00. The second-order valence-corrected chi connectivity index (χ2v) is 8.95. The Hall–Kier alpha value is 0.177. The monoisotopic (exact) mass is 216 g/mol. The van der Waals surface area contributed by atoms with E-state index in [9.17, 15) is 0 Å². The highest BCUT2D eigenvalue weighted by Gasteiger charge is 2.28. The first kappa shape index (κ1) is 14.2. The zero-order valence-corrected chi connectivity index (χ0v) is 11.6. The smallest absolute Gasteiger partial charge is 0.191 e. The Morgan fingerprint density at radius 3 is 1.86 bits per heavy atom. The summed E-state index contributed by atoms with van der Waals surface area (Å²) in [5.74, 6) is 0. The highest BCUT2D eigenvalue weighted by molar-refractivity contribution is 6.73. The first-order valence-corrected chi connectivity index (χ1v) is 8.82. The molecular weight excluding hydrogens is 188 g/mol. The normalized spacial score (nSPS) is 12.0. The lowest BCUT2D eigenvalue weighted by Crippen LogP contribution is -2.34. The van der Waals surface area contributed by atoms with Gasteiger partial charge in [0, 0.05) is 7.11 Å². The molecule has 0 rings (SSSR count). The Kier molecular flexibility index (Phi) is 8.59. The fourth-order valence-electron chi connectivity index (χ4n) is 2.05. The van der Waals surface area contributed by atoms with Gasteiger partial charge in [-0.25, -0.2) is 0 Å². The summed E-state index contributed by atoms with van der Waals surface area (Å²) in [4.78, 5) is 0. The van der Waals surface area contributed by atoms with E-state index in [1.54, 1.807) is 0 Å². The molecule has 0 spiro atoms. The number of hydrogen-bond acceptors (Lipinski definition) is 1. The van der Waals surface area contributed by atoms with Crippen LogP contribution in [0.5, 0.6) is 0 Å². The first-order chi connectivity index (χ1) is 6.74. The summed E-state index contributed by atoms with van der Waals surface area (Å²) < 4.78 is 5.78. The Labute approximate surface area is 91.4 Å². The summed E-state index contributed by atoms with van der Waals surface area (Å²) in [6.07, 6.45) is 6.96. The minimum Gasteiger partial charge on any atom is -0.420 e. The molecule has 0 aromatic rings. The minimum absolute atomic E-state index is 1.28. The molecule has 0 saturated carbocycles. The van der Waals surface area contributed by atoms with Crippen LogP contribution in [0.1, 0.15) is 52.9 Å². The summed E-state index contributed by atoms with van der Waals surface area (Å²) in [6.45, 7) is 6.86. The standard InChI is InChI=1S/C12H28OSi/c1-5-8-9-10-11-12-14(6-2,7-3)13-4/h5-12H2,1-4H3. The van der Waals surface area contributed by atoms with Crippen molar-refractivity contribution in [3.8, 4) is 0 Å². The van der Waals surface area contributed by atoms with E-state index in [2.05, 4.69) is 20.8 Å². The average Bonchev–Trinajstić information content (AvgIpc) is 2.24. The van der Waals surface area contributed by atoms with Crippen LogP contribution in [0.25, 0.3) is 0 Å². The maximum absolute atomic E-state index is 5.78. The molecule has 0 N–H and O–H groups in total. The molecule has 0 aliphatic carbocycles. The topological polar surface area (TPSA) is 9.23 Å². The number of unbranched alkanes of at least 4 members (excludes halogenated alkanes) is 4. The molecule has 0 heterocycles. The van der Waals surface area contributed by atoms with E-state index in [0.717, 1.165) is 0 Å². The van der Waals surface area contributed by atoms with Gasteiger partial charge < -0.3 is 4.43 Å². The third-order valence-corrected chi connectivity index (χ3v) is 8.17. The quantitative estimate of drug-likeness (QED) is 0.405. The maximum atomic E-state index is 5.78. The molecule has 1 nitrogen and oxygen atoms in total. The van der Waals surface area contributed by atoms with Crippen molar-refractivity contribution in [1.82, 2.24) is 0 Å². The fourth-order valence-corrected chi connectivity index (χ4v) is 4.93. The lowest BCUT2D eigenvalue weighted by atomic mass is 10.2. The van der Waals surface area contributed by atoms with Gasteiger partial charge in [0.15, 0.2) is 8.32 Å². The molecular formula is C12H28OSi. The van der Waals surface area contributed by atoms with Crippen LogP contribution in [0.2, 0.25) is 18.1 Å². The van der Waals surface area contributed by atoms with Gasteiger partial charge in [0.25, 0.3) is 0 Å². The van der Waals surface area contributed by atoms with Gasteiger partial charge in [0.2, 0.25) is 0 Å². The summed E-state index contributed by atoms with van der Waals surface area (Å²) in [5.41, 5.74) is 0. The zero-order chi connectivity index (χ0) is 10.9. The van der Waals surface area contributed by atoms with E-state index in [0.29, 0.717) is 0 Å². The molecule has 0 atom stereocenters. The molecule has 0 aliphatic rings. The van der Waals surface area contributed by atoms with Crippen LogP contribution in [0.15, 0.2) is 0 Å². The van der Waals surface area contributed by atoms with Crippen molar-refractivity contribution in [1.29, 1.82) is 0 Å². The predicted octanol–water partition coefficient (Wildman–Crippen LogP) is 4.59. The third-order valence-electron chi connectivity index (χ3n) is 3.46. The Balaban J connectivity index is 3.61. The van der Waals surface area contributed by atoms with Crippen molar-refractivity contribution >= 4 is 8.32 Å². The van der Waals surface area contributed by atoms with Crippen LogP contribution >= 0.6 is 0 Å². The van der Waals surface area contributed by atoms with Gasteiger partial charge in [-0.2, -0.15) is 0 Å². The molecule has 0 aromatic carbocycles. The molecule has 0 amide bonds. The minimum atomic E-state index is -1.28. The van der Waals surface area contributed by atoms with Crippen molar-refractivity contribution in [3.63, 3.8) is 0 Å². The second kappa shape index (κ2) is 8.48. The third kappa shape index (κ3) is 5.16. The van der Waals surface area contributed by atoms with Crippen molar-refractivity contribution in [2.75, 3.05) is 7.11 Å². The van der Waals surface area contributed by atoms with Gasteiger partial charge in [-0.05, 0) is 18.1 Å². The van der Waals surface area contributed by atoms with Crippen LogP contribution in [-0.2, 0) is 4.43 Å². The Morgan fingerprint density at radius 1 is 0.857 bits per heavy atom. The van der Waals surface area contributed by atoms with Gasteiger partial charge in [-0.15, -0.1) is 0 Å². The van der Waals surface area contributed by atoms with Crippen LogP contribution in [-0.4, -0.2) is 15.4 Å². The molecule has 0 radical (unpaired) electrons. The lowest BCUT2D eigenvalue weighted by molar-refractivity contribution is 0.389. The van der Waals surface area contributed by atoms with Crippen molar-refractivity contribution < 1.29 is 4.43 Å². The van der Waals surface area contributed by atoms with Gasteiger partial charge in [0.05, 0.1) is 0 Å². The predicted molar refractivity (Wildman–Crippen MR) is 67.3 cm³/mol. The van der Waals surface area contributed by atoms with Gasteiger partial charge >= 0.3 is 0 Å². The van der Waals surface area contributed by atoms with Crippen LogP contribution in [0.3, 0.4) is 0 Å². The number of rotatable bonds is 9. The number of hydrogen-bond donors (Lipinski definition) is 0. The Morgan fingerprint density at radius 2 is 1.43 bits per heavy atom. The molecule has 2 heteroatoms. The van der Waals surface area contributed by atoms with Gasteiger partial charge in [0.1, 0.15) is 0 Å². The van der Waals surface area contributed by atoms with E-state index >= 15 is 0 Å². The van der Waals surface area contributed by atoms with E-state index in [4.69, 9.17) is 4.43 Å². The lowest BCUT2D eigenvalue weighted by Gasteiger charge is -2.27. The molecule has 0 fully saturated rings. The molecule has 0 aromatic heterocycles. The summed E-state index contributed by atoms with van der Waals surface area (Å²) in [5, 5.41) is 0. The average molecular weight is 216 g/mol. The van der Waals surface area contributed by atoms with Gasteiger partial charge in [-0.3, -0.25) is 0 Å². The van der Waals surface area contributed by atoms with Crippen molar-refractivity contribution in [2.45, 2.75) is 71.0 Å². The zero-order valence-electron chi connectivity index (χ0n) is 10.6. The second-order valence-electron chi connectivity index (χ2n) is 4.26. The Bertz CT molecular complexity index is 113. The van der Waals surface area contributed by atoms with E-state index < -0.39 is 8.32 Å². The summed E-state index contributed by atoms with van der Waals surface area (Å²) in [6, 6.07) is 3.95. The molecule has 0 unspecified atom stereocenters. The van der Waals surface area contributed by atoms with E-state index in [1.807, 2.05) is 7.11 Å². The van der Waals surface area contributed by atoms with Crippen LogP contribution in [0, 0.1) is 0 Å². The van der Waals surface area contributed by atoms with Gasteiger partial charge in [-0.1, -0.05) is 52.9 Å². The SMILES string of the molecule is CCCCCCC[Si](CC)(CC)OC. The first-order valence-electron chi connectivity index (χ1n) is 6.29. The van der Waals surface area contributed by atoms with E-state index in [-0.39, 0.29) is 0 Å².